The Bertz CT molecular complexity index is 385. The first-order valence-corrected chi connectivity index (χ1v) is 6.80. The predicted octanol–water partition coefficient (Wildman–Crippen LogP) is 2.94. The van der Waals surface area contributed by atoms with E-state index < -0.39 is 5.97 Å². The van der Waals surface area contributed by atoms with E-state index in [-0.39, 0.29) is 12.5 Å². The molecule has 0 aromatic heterocycles. The number of rotatable bonds is 8. The van der Waals surface area contributed by atoms with Crippen molar-refractivity contribution in [2.24, 2.45) is 0 Å². The maximum atomic E-state index is 11.0. The van der Waals surface area contributed by atoms with Crippen molar-refractivity contribution in [1.82, 2.24) is 4.90 Å². The fourth-order valence-electron chi connectivity index (χ4n) is 2.24. The van der Waals surface area contributed by atoms with Crippen LogP contribution in [-0.2, 0) is 4.79 Å². The summed E-state index contributed by atoms with van der Waals surface area (Å²) in [6.45, 7) is 8.34. The molecule has 0 aliphatic heterocycles. The summed E-state index contributed by atoms with van der Waals surface area (Å²) in [5.74, 6) is 0.0469. The molecule has 0 heterocycles. The molecule has 0 aliphatic rings. The van der Waals surface area contributed by atoms with Gasteiger partial charge in [0.1, 0.15) is 5.75 Å². The van der Waals surface area contributed by atoms with Gasteiger partial charge < -0.3 is 9.84 Å². The van der Waals surface area contributed by atoms with E-state index in [1.54, 1.807) is 0 Å². The van der Waals surface area contributed by atoms with Gasteiger partial charge in [-0.05, 0) is 37.7 Å². The zero-order valence-corrected chi connectivity index (χ0v) is 11.9. The minimum Gasteiger partial charge on any atom is -0.494 e. The van der Waals surface area contributed by atoms with Crippen molar-refractivity contribution in [3.8, 4) is 5.75 Å². The van der Waals surface area contributed by atoms with Crippen LogP contribution in [-0.4, -0.2) is 35.7 Å². The lowest BCUT2D eigenvalue weighted by atomic mass is 10.0. The lowest BCUT2D eigenvalue weighted by Gasteiger charge is -2.29. The predicted molar refractivity (Wildman–Crippen MR) is 75.5 cm³/mol. The van der Waals surface area contributed by atoms with E-state index in [0.717, 1.165) is 24.4 Å². The molecule has 19 heavy (non-hydrogen) atoms. The Hall–Kier alpha value is -1.55. The highest BCUT2D eigenvalue weighted by molar-refractivity contribution is 5.68. The molecular formula is C15H23NO3. The molecule has 4 nitrogen and oxygen atoms in total. The Morgan fingerprint density at radius 3 is 2.21 bits per heavy atom. The number of carbonyl (C=O) groups is 1. The highest BCUT2D eigenvalue weighted by atomic mass is 16.5. The van der Waals surface area contributed by atoms with Crippen molar-refractivity contribution >= 4 is 5.97 Å². The summed E-state index contributed by atoms with van der Waals surface area (Å²) in [5.41, 5.74) is 1.02. The smallest absolute Gasteiger partial charge is 0.305 e. The Balaban J connectivity index is 2.92. The van der Waals surface area contributed by atoms with Gasteiger partial charge in [-0.2, -0.15) is 0 Å². The average Bonchev–Trinajstić information content (AvgIpc) is 2.40. The Kier molecular flexibility index (Phi) is 6.36. The summed E-state index contributed by atoms with van der Waals surface area (Å²) in [6.07, 6.45) is 0.121. The van der Waals surface area contributed by atoms with Crippen LogP contribution in [0, 0.1) is 0 Å². The minimum atomic E-state index is -0.772. The third-order valence-electron chi connectivity index (χ3n) is 3.20. The molecule has 1 rings (SSSR count). The van der Waals surface area contributed by atoms with Crippen molar-refractivity contribution < 1.29 is 14.6 Å². The fraction of sp³-hybridized carbons (Fsp3) is 0.533. The van der Waals surface area contributed by atoms with E-state index in [9.17, 15) is 4.79 Å². The van der Waals surface area contributed by atoms with Crippen LogP contribution in [0.4, 0.5) is 0 Å². The number of hydrogen-bond donors (Lipinski definition) is 1. The van der Waals surface area contributed by atoms with Gasteiger partial charge in [-0.25, -0.2) is 0 Å². The van der Waals surface area contributed by atoms with Crippen molar-refractivity contribution in [2.45, 2.75) is 33.2 Å². The number of nitrogens with zero attached hydrogens (tertiary/aromatic N) is 1. The number of hydrogen-bond acceptors (Lipinski definition) is 3. The monoisotopic (exact) mass is 265 g/mol. The summed E-state index contributed by atoms with van der Waals surface area (Å²) < 4.78 is 5.40. The molecule has 1 aromatic rings. The van der Waals surface area contributed by atoms with Crippen LogP contribution >= 0.6 is 0 Å². The summed E-state index contributed by atoms with van der Waals surface area (Å²) in [6, 6.07) is 7.63. The second kappa shape index (κ2) is 7.79. The number of benzene rings is 1. The van der Waals surface area contributed by atoms with Gasteiger partial charge in [0.25, 0.3) is 0 Å². The molecule has 1 N–H and O–H groups in total. The zero-order valence-electron chi connectivity index (χ0n) is 11.9. The largest absolute Gasteiger partial charge is 0.494 e. The fourth-order valence-corrected chi connectivity index (χ4v) is 2.24. The van der Waals surface area contributed by atoms with Crippen LogP contribution in [0.1, 0.15) is 38.8 Å². The molecule has 0 spiro atoms. The molecule has 0 fully saturated rings. The van der Waals surface area contributed by atoms with Gasteiger partial charge in [-0.15, -0.1) is 0 Å². The maximum Gasteiger partial charge on any atom is 0.305 e. The number of carboxylic acids is 1. The minimum absolute atomic E-state index is 0.0804. The van der Waals surface area contributed by atoms with Gasteiger partial charge in [0.15, 0.2) is 0 Å². The van der Waals surface area contributed by atoms with Gasteiger partial charge in [0.2, 0.25) is 0 Å². The Morgan fingerprint density at radius 2 is 1.79 bits per heavy atom. The maximum absolute atomic E-state index is 11.0. The topological polar surface area (TPSA) is 49.8 Å². The van der Waals surface area contributed by atoms with Gasteiger partial charge in [-0.1, -0.05) is 26.0 Å². The first-order valence-electron chi connectivity index (χ1n) is 6.80. The quantitative estimate of drug-likeness (QED) is 0.785. The number of aliphatic carboxylic acids is 1. The first kappa shape index (κ1) is 15.5. The van der Waals surface area contributed by atoms with E-state index in [2.05, 4.69) is 4.90 Å². The summed E-state index contributed by atoms with van der Waals surface area (Å²) >= 11 is 0. The van der Waals surface area contributed by atoms with Crippen LogP contribution in [0.2, 0.25) is 0 Å². The van der Waals surface area contributed by atoms with E-state index in [0.29, 0.717) is 6.61 Å². The molecule has 1 atom stereocenters. The van der Waals surface area contributed by atoms with Crippen LogP contribution in [0.3, 0.4) is 0 Å². The van der Waals surface area contributed by atoms with Crippen LogP contribution in [0.15, 0.2) is 24.3 Å². The van der Waals surface area contributed by atoms with Crippen molar-refractivity contribution in [3.63, 3.8) is 0 Å². The average molecular weight is 265 g/mol. The first-order chi connectivity index (χ1) is 9.12. The van der Waals surface area contributed by atoms with Gasteiger partial charge in [0, 0.05) is 6.04 Å². The molecular weight excluding hydrogens is 242 g/mol. The van der Waals surface area contributed by atoms with E-state index in [1.807, 2.05) is 45.0 Å². The molecule has 106 valence electrons. The van der Waals surface area contributed by atoms with Crippen LogP contribution in [0.5, 0.6) is 5.75 Å². The highest BCUT2D eigenvalue weighted by Gasteiger charge is 2.20. The Labute approximate surface area is 115 Å². The second-order valence-electron chi connectivity index (χ2n) is 4.34. The van der Waals surface area contributed by atoms with E-state index in [4.69, 9.17) is 9.84 Å². The summed E-state index contributed by atoms with van der Waals surface area (Å²) in [5, 5.41) is 9.07. The van der Waals surface area contributed by atoms with E-state index >= 15 is 0 Å². The molecule has 0 amide bonds. The molecule has 0 saturated carbocycles. The lowest BCUT2D eigenvalue weighted by Crippen LogP contribution is -2.30. The number of ether oxygens (including phenoxy) is 1. The normalized spacial score (nSPS) is 12.4. The summed E-state index contributed by atoms with van der Waals surface area (Å²) in [7, 11) is 0. The lowest BCUT2D eigenvalue weighted by molar-refractivity contribution is -0.138. The van der Waals surface area contributed by atoms with Crippen LogP contribution in [0.25, 0.3) is 0 Å². The molecule has 0 radical (unpaired) electrons. The highest BCUT2D eigenvalue weighted by Crippen LogP contribution is 2.26. The zero-order chi connectivity index (χ0) is 14.3. The molecule has 0 aliphatic carbocycles. The molecule has 0 saturated heterocycles. The molecule has 0 bridgehead atoms. The summed E-state index contributed by atoms with van der Waals surface area (Å²) in [4.78, 5) is 13.2. The van der Waals surface area contributed by atoms with Gasteiger partial charge >= 0.3 is 5.97 Å². The van der Waals surface area contributed by atoms with Gasteiger partial charge in [0.05, 0.1) is 13.0 Å². The third-order valence-corrected chi connectivity index (χ3v) is 3.20. The molecule has 1 aromatic carbocycles. The van der Waals surface area contributed by atoms with E-state index in [1.165, 1.54) is 0 Å². The van der Waals surface area contributed by atoms with Crippen molar-refractivity contribution in [2.75, 3.05) is 19.7 Å². The molecule has 4 heteroatoms. The van der Waals surface area contributed by atoms with Crippen molar-refractivity contribution in [1.29, 1.82) is 0 Å². The molecule has 1 unspecified atom stereocenters. The van der Waals surface area contributed by atoms with Gasteiger partial charge in [-0.3, -0.25) is 9.69 Å². The number of carboxylic acid groups (broad SMARTS) is 1. The standard InChI is InChI=1S/C15H23NO3/c1-4-16(5-2)14(11-15(17)18)12-7-9-13(10-8-12)19-6-3/h7-10,14H,4-6,11H2,1-3H3,(H,17,18). The van der Waals surface area contributed by atoms with Crippen molar-refractivity contribution in [3.05, 3.63) is 29.8 Å². The Morgan fingerprint density at radius 1 is 1.21 bits per heavy atom. The SMILES string of the molecule is CCOc1ccc(C(CC(=O)O)N(CC)CC)cc1. The third kappa shape index (κ3) is 4.56. The van der Waals surface area contributed by atoms with Crippen LogP contribution < -0.4 is 4.74 Å². The second-order valence-corrected chi connectivity index (χ2v) is 4.34.